The first-order chi connectivity index (χ1) is 15.1. The first kappa shape index (κ1) is 21.7. The summed E-state index contributed by atoms with van der Waals surface area (Å²) in [5.41, 5.74) is 2.20. The maximum absolute atomic E-state index is 12.9. The predicted molar refractivity (Wildman–Crippen MR) is 124 cm³/mol. The van der Waals surface area contributed by atoms with Crippen molar-refractivity contribution in [2.75, 3.05) is 33.3 Å². The van der Waals surface area contributed by atoms with Crippen LogP contribution in [0.5, 0.6) is 11.5 Å². The summed E-state index contributed by atoms with van der Waals surface area (Å²) < 4.78 is 11.1. The number of thiophene rings is 1. The van der Waals surface area contributed by atoms with Crippen LogP contribution < -0.4 is 9.47 Å². The minimum Gasteiger partial charge on any atom is -0.497 e. The van der Waals surface area contributed by atoms with E-state index in [0.29, 0.717) is 17.4 Å². The third-order valence-corrected chi connectivity index (χ3v) is 6.57. The van der Waals surface area contributed by atoms with Gasteiger partial charge in [0, 0.05) is 38.3 Å². The lowest BCUT2D eigenvalue weighted by atomic mass is 10.2. The largest absolute Gasteiger partial charge is 0.497 e. The van der Waals surface area contributed by atoms with E-state index >= 15 is 0 Å². The van der Waals surface area contributed by atoms with Gasteiger partial charge in [0.05, 0.1) is 17.0 Å². The van der Waals surface area contributed by atoms with Crippen molar-refractivity contribution in [3.8, 4) is 11.5 Å². The quantitative estimate of drug-likeness (QED) is 0.504. The number of nitrogens with zero attached hydrogens (tertiary/aromatic N) is 2. The van der Waals surface area contributed by atoms with Gasteiger partial charge in [-0.3, -0.25) is 9.69 Å². The molecule has 0 radical (unpaired) electrons. The van der Waals surface area contributed by atoms with Crippen LogP contribution >= 0.6 is 22.9 Å². The number of hydrogen-bond donors (Lipinski definition) is 0. The predicted octanol–water partition coefficient (Wildman–Crippen LogP) is 4.95. The smallest absolute Gasteiger partial charge is 0.264 e. The maximum Gasteiger partial charge on any atom is 0.264 e. The second kappa shape index (κ2) is 10.2. The minimum absolute atomic E-state index is 0.0926. The molecule has 7 heteroatoms. The molecule has 1 amide bonds. The van der Waals surface area contributed by atoms with Gasteiger partial charge in [-0.2, -0.15) is 0 Å². The summed E-state index contributed by atoms with van der Waals surface area (Å²) in [6, 6.07) is 17.5. The fourth-order valence-electron chi connectivity index (χ4n) is 3.58. The highest BCUT2D eigenvalue weighted by atomic mass is 35.5. The van der Waals surface area contributed by atoms with Crippen LogP contribution in [-0.4, -0.2) is 49.0 Å². The Morgan fingerprint density at radius 3 is 2.61 bits per heavy atom. The van der Waals surface area contributed by atoms with Crippen LogP contribution in [0.1, 0.15) is 20.8 Å². The van der Waals surface area contributed by atoms with E-state index < -0.39 is 0 Å². The summed E-state index contributed by atoms with van der Waals surface area (Å²) in [6.07, 6.45) is 0. The van der Waals surface area contributed by atoms with Crippen molar-refractivity contribution in [3.05, 3.63) is 81.0 Å². The third kappa shape index (κ3) is 5.58. The summed E-state index contributed by atoms with van der Waals surface area (Å²) in [6.45, 7) is 4.43. The lowest BCUT2D eigenvalue weighted by Gasteiger charge is -2.34. The summed E-state index contributed by atoms with van der Waals surface area (Å²) in [7, 11) is 1.68. The Bertz CT molecular complexity index is 1030. The molecule has 4 rings (SSSR count). The van der Waals surface area contributed by atoms with Gasteiger partial charge in [-0.15, -0.1) is 11.3 Å². The summed E-state index contributed by atoms with van der Waals surface area (Å²) >= 11 is 7.60. The van der Waals surface area contributed by atoms with Crippen LogP contribution in [-0.2, 0) is 13.2 Å². The minimum atomic E-state index is 0.0926. The van der Waals surface area contributed by atoms with Gasteiger partial charge in [-0.1, -0.05) is 35.9 Å². The second-order valence-corrected chi connectivity index (χ2v) is 8.78. The number of piperazine rings is 1. The van der Waals surface area contributed by atoms with E-state index in [4.69, 9.17) is 21.1 Å². The van der Waals surface area contributed by atoms with E-state index in [9.17, 15) is 4.79 Å². The van der Waals surface area contributed by atoms with Crippen LogP contribution in [0.4, 0.5) is 0 Å². The molecule has 1 aromatic heterocycles. The number of benzene rings is 2. The monoisotopic (exact) mass is 456 g/mol. The number of hydrogen-bond acceptors (Lipinski definition) is 5. The second-order valence-electron chi connectivity index (χ2n) is 7.46. The van der Waals surface area contributed by atoms with Crippen LogP contribution in [0.25, 0.3) is 0 Å². The zero-order valence-corrected chi connectivity index (χ0v) is 19.0. The van der Waals surface area contributed by atoms with Crippen LogP contribution in [0, 0.1) is 0 Å². The Balaban J connectivity index is 1.28. The van der Waals surface area contributed by atoms with Gasteiger partial charge in [-0.25, -0.2) is 0 Å². The summed E-state index contributed by atoms with van der Waals surface area (Å²) in [5, 5.41) is 2.56. The van der Waals surface area contributed by atoms with Crippen molar-refractivity contribution in [3.63, 3.8) is 0 Å². The molecule has 162 valence electrons. The number of ether oxygens (including phenoxy) is 2. The fourth-order valence-corrected chi connectivity index (χ4v) is 4.63. The molecule has 1 saturated heterocycles. The highest BCUT2D eigenvalue weighted by molar-refractivity contribution is 7.12. The number of amides is 1. The summed E-state index contributed by atoms with van der Waals surface area (Å²) in [5.74, 6) is 1.61. The van der Waals surface area contributed by atoms with Gasteiger partial charge >= 0.3 is 0 Å². The first-order valence-corrected chi connectivity index (χ1v) is 11.5. The van der Waals surface area contributed by atoms with Crippen molar-refractivity contribution in [1.82, 2.24) is 9.80 Å². The molecule has 0 aliphatic carbocycles. The lowest BCUT2D eigenvalue weighted by Crippen LogP contribution is -2.48. The molecule has 1 fully saturated rings. The summed E-state index contributed by atoms with van der Waals surface area (Å²) in [4.78, 5) is 18.0. The zero-order chi connectivity index (χ0) is 21.6. The van der Waals surface area contributed by atoms with E-state index in [1.54, 1.807) is 13.2 Å². The fraction of sp³-hybridized carbons (Fsp3) is 0.292. The number of carbonyl (C=O) groups excluding carboxylic acids is 1. The van der Waals surface area contributed by atoms with Gasteiger partial charge in [0.15, 0.2) is 0 Å². The number of carbonyl (C=O) groups is 1. The first-order valence-electron chi connectivity index (χ1n) is 10.2. The average molecular weight is 457 g/mol. The number of para-hydroxylation sites is 1. The molecular formula is C24H25ClN2O3S. The number of methoxy groups -OCH3 is 1. The molecule has 0 saturated carbocycles. The van der Waals surface area contributed by atoms with Crippen LogP contribution in [0.15, 0.2) is 60.0 Å². The Kier molecular flexibility index (Phi) is 7.12. The maximum atomic E-state index is 12.9. The van der Waals surface area contributed by atoms with Crippen molar-refractivity contribution < 1.29 is 14.3 Å². The van der Waals surface area contributed by atoms with Gasteiger partial charge in [-0.05, 0) is 41.3 Å². The van der Waals surface area contributed by atoms with E-state index in [-0.39, 0.29) is 5.91 Å². The van der Waals surface area contributed by atoms with Crippen molar-refractivity contribution in [1.29, 1.82) is 0 Å². The molecule has 3 aromatic rings. The van der Waals surface area contributed by atoms with Gasteiger partial charge < -0.3 is 14.4 Å². The van der Waals surface area contributed by atoms with E-state index in [1.807, 2.05) is 46.7 Å². The van der Waals surface area contributed by atoms with Crippen LogP contribution in [0.2, 0.25) is 5.02 Å². The van der Waals surface area contributed by atoms with Crippen molar-refractivity contribution in [2.24, 2.45) is 0 Å². The average Bonchev–Trinajstić information content (AvgIpc) is 3.28. The molecule has 1 aliphatic heterocycles. The van der Waals surface area contributed by atoms with Crippen molar-refractivity contribution >= 4 is 28.8 Å². The van der Waals surface area contributed by atoms with Crippen LogP contribution in [0.3, 0.4) is 0 Å². The molecular weight excluding hydrogens is 432 g/mol. The molecule has 31 heavy (non-hydrogen) atoms. The van der Waals surface area contributed by atoms with Crippen molar-refractivity contribution in [2.45, 2.75) is 13.2 Å². The Hall–Kier alpha value is -2.54. The highest BCUT2D eigenvalue weighted by Gasteiger charge is 2.23. The molecule has 0 N–H and O–H groups in total. The van der Waals surface area contributed by atoms with Gasteiger partial charge in [0.1, 0.15) is 18.1 Å². The molecule has 2 aromatic carbocycles. The normalized spacial score (nSPS) is 14.5. The van der Waals surface area contributed by atoms with E-state index in [2.05, 4.69) is 17.0 Å². The van der Waals surface area contributed by atoms with Gasteiger partial charge in [0.2, 0.25) is 0 Å². The Morgan fingerprint density at radius 2 is 1.84 bits per heavy atom. The van der Waals surface area contributed by atoms with Gasteiger partial charge in [0.25, 0.3) is 5.91 Å². The topological polar surface area (TPSA) is 42.0 Å². The Morgan fingerprint density at radius 1 is 1.03 bits per heavy atom. The molecule has 0 spiro atoms. The molecule has 5 nitrogen and oxygen atoms in total. The van der Waals surface area contributed by atoms with E-state index in [1.165, 1.54) is 16.9 Å². The Labute approximate surface area is 191 Å². The SMILES string of the molecule is COc1cccc(CN2CCN(C(=O)c3cc(COc4ccccc4Cl)cs3)CC2)c1. The lowest BCUT2D eigenvalue weighted by molar-refractivity contribution is 0.0633. The standard InChI is InChI=1S/C24H25ClN2O3S/c1-29-20-6-4-5-18(13-20)15-26-9-11-27(12-10-26)24(28)23-14-19(17-31-23)16-30-22-8-3-2-7-21(22)25/h2-8,13-14,17H,9-12,15-16H2,1H3. The highest BCUT2D eigenvalue weighted by Crippen LogP contribution is 2.25. The zero-order valence-electron chi connectivity index (χ0n) is 17.4. The third-order valence-electron chi connectivity index (χ3n) is 5.30. The molecule has 0 bridgehead atoms. The number of rotatable bonds is 7. The molecule has 2 heterocycles. The molecule has 0 atom stereocenters. The molecule has 1 aliphatic rings. The van der Waals surface area contributed by atoms with E-state index in [0.717, 1.165) is 48.9 Å². The number of halogens is 1. The molecule has 0 unspecified atom stereocenters.